The third-order valence-corrected chi connectivity index (χ3v) is 8.02. The predicted molar refractivity (Wildman–Crippen MR) is 153 cm³/mol. The molecule has 0 unspecified atom stereocenters. The Morgan fingerprint density at radius 3 is 2.61 bits per heavy atom. The van der Waals surface area contributed by atoms with Crippen molar-refractivity contribution in [3.63, 3.8) is 0 Å². The number of piperidine rings is 1. The first-order chi connectivity index (χ1) is 19.6. The summed E-state index contributed by atoms with van der Waals surface area (Å²) in [4.78, 5) is 34.5. The number of carbonyl (C=O) groups excluding carboxylic acids is 2. The molecular weight excluding hydrogens is 524 g/mol. The van der Waals surface area contributed by atoms with E-state index in [0.29, 0.717) is 44.2 Å². The first-order valence-corrected chi connectivity index (χ1v) is 14.5. The van der Waals surface area contributed by atoms with E-state index in [-0.39, 0.29) is 30.5 Å². The van der Waals surface area contributed by atoms with Crippen LogP contribution in [0.5, 0.6) is 11.5 Å². The largest absolute Gasteiger partial charge is 0.493 e. The Balaban J connectivity index is 1.38. The summed E-state index contributed by atoms with van der Waals surface area (Å²) in [6, 6.07) is 8.07. The van der Waals surface area contributed by atoms with E-state index < -0.39 is 11.7 Å². The number of fused-ring (bicyclic) bond motifs is 3. The summed E-state index contributed by atoms with van der Waals surface area (Å²) in [6.45, 7) is 11.5. The van der Waals surface area contributed by atoms with Crippen molar-refractivity contribution >= 4 is 12.0 Å². The smallest absolute Gasteiger partial charge is 0.407 e. The Kier molecular flexibility index (Phi) is 8.70. The topological polar surface area (TPSA) is 102 Å². The minimum atomic E-state index is -0.591. The highest BCUT2D eigenvalue weighted by atomic mass is 16.6. The van der Waals surface area contributed by atoms with Crippen LogP contribution in [0.3, 0.4) is 0 Å². The number of aromatic nitrogens is 1. The van der Waals surface area contributed by atoms with Gasteiger partial charge in [0.25, 0.3) is 5.91 Å². The van der Waals surface area contributed by atoms with Gasteiger partial charge in [0, 0.05) is 56.1 Å². The van der Waals surface area contributed by atoms with Gasteiger partial charge >= 0.3 is 6.09 Å². The number of carbonyl (C=O) groups is 2. The zero-order valence-electron chi connectivity index (χ0n) is 24.8. The number of hydrogen-bond acceptors (Lipinski definition) is 8. The lowest BCUT2D eigenvalue weighted by Gasteiger charge is -2.47. The Bertz CT molecular complexity index is 1260. The number of aryl methyl sites for hydroxylation is 1. The number of hydrogen-bond donors (Lipinski definition) is 1. The van der Waals surface area contributed by atoms with Crippen LogP contribution >= 0.6 is 0 Å². The van der Waals surface area contributed by atoms with Crippen LogP contribution in [0.25, 0.3) is 0 Å². The van der Waals surface area contributed by atoms with Gasteiger partial charge in [-0.25, -0.2) is 4.79 Å². The van der Waals surface area contributed by atoms with Crippen LogP contribution in [0.1, 0.15) is 61.5 Å². The molecule has 0 aliphatic carbocycles. The fourth-order valence-electron chi connectivity index (χ4n) is 6.04. The standard InChI is InChI=1S/C31H42N4O6/c1-20-6-8-32-24(14-20)23-18-35-9-7-21-15-28(40-19-29(36)34-10-12-39-13-11-34)27(38-5)16-22(21)26(35)17-25(23)33-30(37)41-31(2,3)4/h6,8,14-16,23,25-26H,7,9-13,17-19H2,1-5H3,(H,33,37)/t23-,25-,26+/m0/s1. The Morgan fingerprint density at radius 1 is 1.12 bits per heavy atom. The van der Waals surface area contributed by atoms with Gasteiger partial charge < -0.3 is 29.2 Å². The molecule has 10 heteroatoms. The molecular formula is C31H42N4O6. The van der Waals surface area contributed by atoms with Gasteiger partial charge in [0.05, 0.1) is 20.3 Å². The molecule has 0 bridgehead atoms. The van der Waals surface area contributed by atoms with Crippen LogP contribution in [0.15, 0.2) is 30.5 Å². The summed E-state index contributed by atoms with van der Waals surface area (Å²) in [5.74, 6) is 1.14. The number of alkyl carbamates (subject to hydrolysis) is 1. The summed E-state index contributed by atoms with van der Waals surface area (Å²) in [5.41, 5.74) is 3.85. The monoisotopic (exact) mass is 566 g/mol. The Morgan fingerprint density at radius 2 is 1.90 bits per heavy atom. The normalized spacial score (nSPS) is 22.8. The van der Waals surface area contributed by atoms with Crippen LogP contribution in [-0.4, -0.2) is 91.5 Å². The summed E-state index contributed by atoms with van der Waals surface area (Å²) in [6.07, 6.45) is 2.96. The molecule has 10 nitrogen and oxygen atoms in total. The molecule has 2 saturated heterocycles. The van der Waals surface area contributed by atoms with E-state index >= 15 is 0 Å². The summed E-state index contributed by atoms with van der Waals surface area (Å²) in [7, 11) is 1.62. The van der Waals surface area contributed by atoms with E-state index in [9.17, 15) is 9.59 Å². The van der Waals surface area contributed by atoms with Crippen LogP contribution < -0.4 is 14.8 Å². The second kappa shape index (κ2) is 12.2. The molecule has 0 radical (unpaired) electrons. The molecule has 222 valence electrons. The van der Waals surface area contributed by atoms with Gasteiger partial charge in [-0.05, 0) is 81.5 Å². The fourth-order valence-corrected chi connectivity index (χ4v) is 6.04. The lowest BCUT2D eigenvalue weighted by atomic mass is 9.79. The number of amides is 2. The van der Waals surface area contributed by atoms with E-state index in [1.54, 1.807) is 12.0 Å². The van der Waals surface area contributed by atoms with E-state index in [2.05, 4.69) is 23.2 Å². The molecule has 3 atom stereocenters. The maximum absolute atomic E-state index is 12.9. The van der Waals surface area contributed by atoms with Crippen LogP contribution in [0.2, 0.25) is 0 Å². The number of nitrogens with one attached hydrogen (secondary N) is 1. The van der Waals surface area contributed by atoms with E-state index in [4.69, 9.17) is 23.9 Å². The van der Waals surface area contributed by atoms with Gasteiger partial charge in [-0.3, -0.25) is 14.7 Å². The molecule has 1 aromatic heterocycles. The molecule has 2 amide bonds. The molecule has 2 aromatic rings. The number of rotatable bonds is 6. The third-order valence-electron chi connectivity index (χ3n) is 8.02. The van der Waals surface area contributed by atoms with Crippen molar-refractivity contribution in [2.24, 2.45) is 0 Å². The number of pyridine rings is 1. The van der Waals surface area contributed by atoms with Gasteiger partial charge in [0.2, 0.25) is 0 Å². The van der Waals surface area contributed by atoms with Gasteiger partial charge in [-0.2, -0.15) is 0 Å². The van der Waals surface area contributed by atoms with E-state index in [0.717, 1.165) is 36.3 Å². The van der Waals surface area contributed by atoms with Crippen molar-refractivity contribution < 1.29 is 28.5 Å². The Hall–Kier alpha value is -3.37. The Labute approximate surface area is 242 Å². The van der Waals surface area contributed by atoms with Crippen LogP contribution in [0.4, 0.5) is 4.79 Å². The van der Waals surface area contributed by atoms with E-state index in [1.165, 1.54) is 5.56 Å². The lowest BCUT2D eigenvalue weighted by molar-refractivity contribution is -0.137. The predicted octanol–water partition coefficient (Wildman–Crippen LogP) is 3.62. The van der Waals surface area contributed by atoms with Crippen molar-refractivity contribution in [3.8, 4) is 11.5 Å². The van der Waals surface area contributed by atoms with Crippen LogP contribution in [0, 0.1) is 6.92 Å². The summed E-state index contributed by atoms with van der Waals surface area (Å²) < 4.78 is 22.7. The zero-order chi connectivity index (χ0) is 29.1. The molecule has 4 heterocycles. The average molecular weight is 567 g/mol. The first kappa shape index (κ1) is 29.1. The minimum absolute atomic E-state index is 0.0240. The highest BCUT2D eigenvalue weighted by Gasteiger charge is 2.41. The maximum Gasteiger partial charge on any atom is 0.407 e. The van der Waals surface area contributed by atoms with Gasteiger partial charge in [0.15, 0.2) is 18.1 Å². The molecule has 3 aliphatic rings. The van der Waals surface area contributed by atoms with Crippen molar-refractivity contribution in [1.82, 2.24) is 20.1 Å². The third kappa shape index (κ3) is 6.93. The molecule has 1 N–H and O–H groups in total. The van der Waals surface area contributed by atoms with Crippen molar-refractivity contribution in [3.05, 3.63) is 52.8 Å². The molecule has 0 spiro atoms. The van der Waals surface area contributed by atoms with Gasteiger partial charge in [-0.15, -0.1) is 0 Å². The average Bonchev–Trinajstić information content (AvgIpc) is 2.94. The first-order valence-electron chi connectivity index (χ1n) is 14.5. The molecule has 1 aromatic carbocycles. The minimum Gasteiger partial charge on any atom is -0.493 e. The molecule has 5 rings (SSSR count). The SMILES string of the molecule is COc1cc2c(cc1OCC(=O)N1CCOCC1)CCN1C[C@@H](c3cc(C)ccn3)[C@@H](NC(=O)OC(C)(C)C)C[C@H]21. The van der Waals surface area contributed by atoms with Gasteiger partial charge in [0.1, 0.15) is 5.60 Å². The second-order valence-corrected chi connectivity index (χ2v) is 12.1. The lowest BCUT2D eigenvalue weighted by Crippen LogP contribution is -2.53. The summed E-state index contributed by atoms with van der Waals surface area (Å²) in [5, 5.41) is 3.18. The molecule has 3 aliphatic heterocycles. The van der Waals surface area contributed by atoms with E-state index in [1.807, 2.05) is 45.2 Å². The number of ether oxygens (including phenoxy) is 4. The number of morpholine rings is 1. The van der Waals surface area contributed by atoms with Crippen LogP contribution in [-0.2, 0) is 20.7 Å². The fraction of sp³-hybridized carbons (Fsp3) is 0.581. The van der Waals surface area contributed by atoms with Crippen molar-refractivity contribution in [2.75, 3.05) is 53.1 Å². The van der Waals surface area contributed by atoms with Crippen molar-refractivity contribution in [1.29, 1.82) is 0 Å². The molecule has 2 fully saturated rings. The molecule has 41 heavy (non-hydrogen) atoms. The number of nitrogens with zero attached hydrogens (tertiary/aromatic N) is 3. The summed E-state index contributed by atoms with van der Waals surface area (Å²) >= 11 is 0. The highest BCUT2D eigenvalue weighted by Crippen LogP contribution is 2.44. The zero-order valence-corrected chi connectivity index (χ0v) is 24.8. The van der Waals surface area contributed by atoms with Gasteiger partial charge in [-0.1, -0.05) is 0 Å². The second-order valence-electron chi connectivity index (χ2n) is 12.1. The quantitative estimate of drug-likeness (QED) is 0.566. The highest BCUT2D eigenvalue weighted by molar-refractivity contribution is 5.78. The number of methoxy groups -OCH3 is 1. The number of benzene rings is 1. The van der Waals surface area contributed by atoms with Crippen molar-refractivity contribution in [2.45, 2.75) is 64.1 Å². The maximum atomic E-state index is 12.9. The molecule has 0 saturated carbocycles.